The van der Waals surface area contributed by atoms with Crippen molar-refractivity contribution in [3.05, 3.63) is 17.0 Å². The Balaban J connectivity index is 1.79. The number of amides is 1. The average molecular weight is 277 g/mol. The van der Waals surface area contributed by atoms with Crippen LogP contribution >= 0.6 is 0 Å². The predicted molar refractivity (Wildman–Crippen MR) is 75.3 cm³/mol. The van der Waals surface area contributed by atoms with Crippen LogP contribution in [0.15, 0.2) is 4.52 Å². The highest BCUT2D eigenvalue weighted by Gasteiger charge is 2.33. The molecule has 0 unspecified atom stereocenters. The molecule has 0 saturated carbocycles. The fourth-order valence-corrected chi connectivity index (χ4v) is 3.25. The molecule has 1 aromatic heterocycles. The lowest BCUT2D eigenvalue weighted by Crippen LogP contribution is -2.44. The summed E-state index contributed by atoms with van der Waals surface area (Å²) in [7, 11) is 0. The monoisotopic (exact) mass is 277 g/mol. The third kappa shape index (κ3) is 2.59. The molecule has 0 spiro atoms. The summed E-state index contributed by atoms with van der Waals surface area (Å²) in [6.07, 6.45) is 5.07. The van der Waals surface area contributed by atoms with Gasteiger partial charge in [-0.05, 0) is 33.1 Å². The highest BCUT2D eigenvalue weighted by molar-refractivity contribution is 5.77. The highest BCUT2D eigenvalue weighted by atomic mass is 16.5. The van der Waals surface area contributed by atoms with E-state index in [0.29, 0.717) is 13.0 Å². The van der Waals surface area contributed by atoms with E-state index >= 15 is 0 Å². The van der Waals surface area contributed by atoms with Gasteiger partial charge in [0, 0.05) is 43.6 Å². The van der Waals surface area contributed by atoms with Gasteiger partial charge in [-0.3, -0.25) is 9.69 Å². The van der Waals surface area contributed by atoms with Crippen molar-refractivity contribution in [3.63, 3.8) is 0 Å². The SMILES string of the molecule is CC1(C)CC(=O)NCCN1Cc1noc2c1CCCC2. The molecule has 2 aliphatic rings. The van der Waals surface area contributed by atoms with Crippen LogP contribution in [0.1, 0.15) is 50.1 Å². The van der Waals surface area contributed by atoms with E-state index in [9.17, 15) is 4.79 Å². The van der Waals surface area contributed by atoms with E-state index in [1.54, 1.807) is 0 Å². The highest BCUT2D eigenvalue weighted by Crippen LogP contribution is 2.28. The molecular weight excluding hydrogens is 254 g/mol. The van der Waals surface area contributed by atoms with Gasteiger partial charge in [0.05, 0.1) is 0 Å². The molecular formula is C15H23N3O2. The molecule has 5 nitrogen and oxygen atoms in total. The molecule has 1 aliphatic carbocycles. The summed E-state index contributed by atoms with van der Waals surface area (Å²) in [5.74, 6) is 1.22. The van der Waals surface area contributed by atoms with Crippen LogP contribution in [0.5, 0.6) is 0 Å². The first kappa shape index (κ1) is 13.6. The second-order valence-corrected chi connectivity index (χ2v) is 6.50. The summed E-state index contributed by atoms with van der Waals surface area (Å²) in [4.78, 5) is 14.1. The molecule has 3 rings (SSSR count). The first-order valence-corrected chi connectivity index (χ1v) is 7.54. The maximum Gasteiger partial charge on any atom is 0.221 e. The van der Waals surface area contributed by atoms with Crippen molar-refractivity contribution in [3.8, 4) is 0 Å². The lowest BCUT2D eigenvalue weighted by atomic mass is 9.94. The number of aryl methyl sites for hydroxylation is 1. The zero-order chi connectivity index (χ0) is 14.2. The largest absolute Gasteiger partial charge is 0.361 e. The summed E-state index contributed by atoms with van der Waals surface area (Å²) in [6.45, 7) is 6.61. The Labute approximate surface area is 119 Å². The van der Waals surface area contributed by atoms with E-state index in [1.165, 1.54) is 18.4 Å². The second kappa shape index (κ2) is 5.20. The summed E-state index contributed by atoms with van der Waals surface area (Å²) in [6, 6.07) is 0. The van der Waals surface area contributed by atoms with Crippen molar-refractivity contribution in [1.29, 1.82) is 0 Å². The standard InChI is InChI=1S/C15H23N3O2/c1-15(2)9-14(19)16-7-8-18(15)10-12-11-5-3-4-6-13(11)20-17-12/h3-10H2,1-2H3,(H,16,19). The average Bonchev–Trinajstić information content (AvgIpc) is 2.74. The van der Waals surface area contributed by atoms with Crippen LogP contribution in [0.2, 0.25) is 0 Å². The van der Waals surface area contributed by atoms with Crippen LogP contribution in [0.3, 0.4) is 0 Å². The van der Waals surface area contributed by atoms with Crippen LogP contribution in [0, 0.1) is 0 Å². The number of carbonyl (C=O) groups excluding carboxylic acids is 1. The van der Waals surface area contributed by atoms with Crippen molar-refractivity contribution in [2.75, 3.05) is 13.1 Å². The molecule has 1 aromatic rings. The second-order valence-electron chi connectivity index (χ2n) is 6.50. The number of hydrogen-bond donors (Lipinski definition) is 1. The van der Waals surface area contributed by atoms with Crippen LogP contribution in [-0.2, 0) is 24.2 Å². The molecule has 1 saturated heterocycles. The molecule has 1 fully saturated rings. The van der Waals surface area contributed by atoms with Crippen LogP contribution < -0.4 is 5.32 Å². The van der Waals surface area contributed by atoms with Gasteiger partial charge in [0.25, 0.3) is 0 Å². The topological polar surface area (TPSA) is 58.4 Å². The van der Waals surface area contributed by atoms with Gasteiger partial charge < -0.3 is 9.84 Å². The van der Waals surface area contributed by atoms with E-state index in [-0.39, 0.29) is 11.4 Å². The Morgan fingerprint density at radius 1 is 1.35 bits per heavy atom. The number of carbonyl (C=O) groups is 1. The van der Waals surface area contributed by atoms with Crippen molar-refractivity contribution >= 4 is 5.91 Å². The van der Waals surface area contributed by atoms with E-state index in [4.69, 9.17) is 4.52 Å². The molecule has 0 radical (unpaired) electrons. The van der Waals surface area contributed by atoms with E-state index < -0.39 is 0 Å². The fraction of sp³-hybridized carbons (Fsp3) is 0.733. The number of aromatic nitrogens is 1. The van der Waals surface area contributed by atoms with Gasteiger partial charge in [-0.2, -0.15) is 0 Å². The number of nitrogens with one attached hydrogen (secondary N) is 1. The Kier molecular flexibility index (Phi) is 3.54. The molecule has 1 N–H and O–H groups in total. The smallest absolute Gasteiger partial charge is 0.221 e. The molecule has 0 aromatic carbocycles. The molecule has 1 aliphatic heterocycles. The van der Waals surface area contributed by atoms with Crippen LogP contribution in [0.25, 0.3) is 0 Å². The third-order valence-corrected chi connectivity index (χ3v) is 4.53. The van der Waals surface area contributed by atoms with Gasteiger partial charge in [-0.25, -0.2) is 0 Å². The third-order valence-electron chi connectivity index (χ3n) is 4.53. The molecule has 110 valence electrons. The van der Waals surface area contributed by atoms with Crippen LogP contribution in [0.4, 0.5) is 0 Å². The molecule has 2 heterocycles. The van der Waals surface area contributed by atoms with Crippen molar-refractivity contribution in [2.24, 2.45) is 0 Å². The Hall–Kier alpha value is -1.36. The molecule has 5 heteroatoms. The Bertz CT molecular complexity index is 507. The fourth-order valence-electron chi connectivity index (χ4n) is 3.25. The van der Waals surface area contributed by atoms with Gasteiger partial charge >= 0.3 is 0 Å². The molecule has 0 bridgehead atoms. The number of rotatable bonds is 2. The molecule has 20 heavy (non-hydrogen) atoms. The Morgan fingerprint density at radius 2 is 2.15 bits per heavy atom. The minimum Gasteiger partial charge on any atom is -0.361 e. The summed E-state index contributed by atoms with van der Waals surface area (Å²) < 4.78 is 5.49. The minimum atomic E-state index is -0.138. The number of hydrogen-bond acceptors (Lipinski definition) is 4. The van der Waals surface area contributed by atoms with Crippen molar-refractivity contribution in [2.45, 2.75) is 58.0 Å². The lowest BCUT2D eigenvalue weighted by Gasteiger charge is -2.35. The van der Waals surface area contributed by atoms with Gasteiger partial charge in [-0.1, -0.05) is 5.16 Å². The maximum atomic E-state index is 11.7. The Morgan fingerprint density at radius 3 is 3.00 bits per heavy atom. The molecule has 0 atom stereocenters. The van der Waals surface area contributed by atoms with Gasteiger partial charge in [0.15, 0.2) is 0 Å². The van der Waals surface area contributed by atoms with Gasteiger partial charge in [0.1, 0.15) is 11.5 Å². The first-order chi connectivity index (χ1) is 9.56. The van der Waals surface area contributed by atoms with Crippen molar-refractivity contribution < 1.29 is 9.32 Å². The summed E-state index contributed by atoms with van der Waals surface area (Å²) >= 11 is 0. The van der Waals surface area contributed by atoms with Gasteiger partial charge in [0.2, 0.25) is 5.91 Å². The maximum absolute atomic E-state index is 11.7. The molecule has 1 amide bonds. The van der Waals surface area contributed by atoms with Crippen LogP contribution in [-0.4, -0.2) is 34.6 Å². The van der Waals surface area contributed by atoms with E-state index in [1.807, 2.05) is 0 Å². The zero-order valence-electron chi connectivity index (χ0n) is 12.4. The van der Waals surface area contributed by atoms with Crippen molar-refractivity contribution in [1.82, 2.24) is 15.4 Å². The van der Waals surface area contributed by atoms with E-state index in [2.05, 4.69) is 29.2 Å². The van der Waals surface area contributed by atoms with E-state index in [0.717, 1.165) is 37.4 Å². The number of nitrogens with zero attached hydrogens (tertiary/aromatic N) is 2. The zero-order valence-corrected chi connectivity index (χ0v) is 12.4. The normalized spacial score (nSPS) is 23.0. The predicted octanol–water partition coefficient (Wildman–Crippen LogP) is 1.65. The lowest BCUT2D eigenvalue weighted by molar-refractivity contribution is -0.122. The minimum absolute atomic E-state index is 0.138. The van der Waals surface area contributed by atoms with Gasteiger partial charge in [-0.15, -0.1) is 0 Å². The first-order valence-electron chi connectivity index (χ1n) is 7.54. The quantitative estimate of drug-likeness (QED) is 0.893. The summed E-state index contributed by atoms with van der Waals surface area (Å²) in [5.41, 5.74) is 2.25. The number of fused-ring (bicyclic) bond motifs is 1. The summed E-state index contributed by atoms with van der Waals surface area (Å²) in [5, 5.41) is 7.23.